The van der Waals surface area contributed by atoms with Crippen LogP contribution in [0.1, 0.15) is 25.3 Å². The van der Waals surface area contributed by atoms with E-state index in [0.717, 1.165) is 25.9 Å². The van der Waals surface area contributed by atoms with Gasteiger partial charge in [-0.05, 0) is 31.2 Å². The van der Waals surface area contributed by atoms with Crippen LogP contribution >= 0.6 is 0 Å². The van der Waals surface area contributed by atoms with Crippen LogP contribution in [0, 0.1) is 5.92 Å². The molecule has 3 heterocycles. The summed E-state index contributed by atoms with van der Waals surface area (Å²) in [7, 11) is 0. The Morgan fingerprint density at radius 1 is 1.26 bits per heavy atom. The maximum absolute atomic E-state index is 12.3. The largest absolute Gasteiger partial charge is 0.450 e. The minimum absolute atomic E-state index is 0.0309. The van der Waals surface area contributed by atoms with E-state index in [1.54, 1.807) is 0 Å². The molecule has 23 heavy (non-hydrogen) atoms. The number of hydrogen-bond donors (Lipinski definition) is 1. The molecule has 3 aliphatic heterocycles. The minimum atomic E-state index is -0.472. The normalized spacial score (nSPS) is 35.6. The number of likely N-dealkylation sites (tertiary alicyclic amines) is 1. The van der Waals surface area contributed by atoms with Crippen LogP contribution in [0.3, 0.4) is 0 Å². The number of amides is 1. The van der Waals surface area contributed by atoms with Crippen molar-refractivity contribution in [3.8, 4) is 0 Å². The van der Waals surface area contributed by atoms with E-state index in [9.17, 15) is 9.90 Å². The molecule has 0 aliphatic carbocycles. The first-order chi connectivity index (χ1) is 11.2. The lowest BCUT2D eigenvalue weighted by molar-refractivity contribution is 0.00753. The highest BCUT2D eigenvalue weighted by Gasteiger charge is 2.59. The van der Waals surface area contributed by atoms with Crippen molar-refractivity contribution in [2.24, 2.45) is 5.92 Å². The van der Waals surface area contributed by atoms with Crippen molar-refractivity contribution in [2.45, 2.75) is 50.5 Å². The number of rotatable bonds is 3. The Labute approximate surface area is 136 Å². The van der Waals surface area contributed by atoms with Crippen LogP contribution in [0.4, 0.5) is 4.79 Å². The second-order valence-corrected chi connectivity index (χ2v) is 6.97. The van der Waals surface area contributed by atoms with Crippen molar-refractivity contribution < 1.29 is 14.6 Å². The van der Waals surface area contributed by atoms with Crippen molar-refractivity contribution in [1.29, 1.82) is 0 Å². The first kappa shape index (κ1) is 15.0. The van der Waals surface area contributed by atoms with E-state index in [-0.39, 0.29) is 24.2 Å². The van der Waals surface area contributed by atoms with Crippen LogP contribution < -0.4 is 0 Å². The number of nitrogens with zero attached hydrogens (tertiary/aromatic N) is 2. The lowest BCUT2D eigenvalue weighted by Gasteiger charge is -2.46. The Hall–Kier alpha value is -1.59. The molecule has 124 valence electrons. The van der Waals surface area contributed by atoms with Crippen molar-refractivity contribution >= 4 is 6.09 Å². The van der Waals surface area contributed by atoms with Gasteiger partial charge in [0.05, 0.1) is 30.8 Å². The summed E-state index contributed by atoms with van der Waals surface area (Å²) in [4.78, 5) is 16.5. The Bertz CT molecular complexity index is 579. The lowest BCUT2D eigenvalue weighted by atomic mass is 9.86. The smallest absolute Gasteiger partial charge is 0.410 e. The average Bonchev–Trinajstić information content (AvgIpc) is 2.65. The summed E-state index contributed by atoms with van der Waals surface area (Å²) >= 11 is 0. The molecule has 4 rings (SSSR count). The van der Waals surface area contributed by atoms with Gasteiger partial charge < -0.3 is 9.84 Å². The molecular formula is C18H24N2O3. The van der Waals surface area contributed by atoms with Gasteiger partial charge in [0.15, 0.2) is 0 Å². The number of fused-ring (bicyclic) bond motifs is 2. The topological polar surface area (TPSA) is 53.0 Å². The highest BCUT2D eigenvalue weighted by molar-refractivity contribution is 5.70. The van der Waals surface area contributed by atoms with Crippen LogP contribution in [-0.2, 0) is 11.3 Å². The lowest BCUT2D eigenvalue weighted by Crippen LogP contribution is -2.57. The summed E-state index contributed by atoms with van der Waals surface area (Å²) in [5.41, 5.74) is 1.26. The Balaban J connectivity index is 1.58. The van der Waals surface area contributed by atoms with Crippen molar-refractivity contribution in [2.75, 3.05) is 13.2 Å². The zero-order chi connectivity index (χ0) is 16.0. The number of carbonyl (C=O) groups is 1. The fourth-order valence-corrected chi connectivity index (χ4v) is 4.83. The number of piperidine rings is 2. The average molecular weight is 316 g/mol. The Morgan fingerprint density at radius 3 is 2.74 bits per heavy atom. The predicted octanol–water partition coefficient (Wildman–Crippen LogP) is 1.85. The molecule has 5 atom stereocenters. The predicted molar refractivity (Wildman–Crippen MR) is 85.8 cm³/mol. The molecule has 0 radical (unpaired) electrons. The molecule has 3 aliphatic rings. The van der Waals surface area contributed by atoms with Gasteiger partial charge in [-0.25, -0.2) is 4.79 Å². The number of aliphatic hydroxyl groups excluding tert-OH is 1. The molecule has 5 heteroatoms. The van der Waals surface area contributed by atoms with E-state index >= 15 is 0 Å². The van der Waals surface area contributed by atoms with E-state index in [0.29, 0.717) is 12.5 Å². The van der Waals surface area contributed by atoms with E-state index in [1.807, 2.05) is 30.0 Å². The molecule has 1 aromatic carbocycles. The molecule has 1 amide bonds. The maximum Gasteiger partial charge on any atom is 0.410 e. The third kappa shape index (κ3) is 2.42. The molecule has 3 saturated heterocycles. The zero-order valence-corrected chi connectivity index (χ0v) is 13.5. The van der Waals surface area contributed by atoms with E-state index in [4.69, 9.17) is 4.74 Å². The molecule has 5 nitrogen and oxygen atoms in total. The Morgan fingerprint density at radius 2 is 2.00 bits per heavy atom. The van der Waals surface area contributed by atoms with Gasteiger partial charge in [0.2, 0.25) is 0 Å². The first-order valence-corrected chi connectivity index (χ1v) is 8.60. The molecule has 1 N–H and O–H groups in total. The van der Waals surface area contributed by atoms with Crippen LogP contribution in [-0.4, -0.2) is 58.4 Å². The number of carbonyl (C=O) groups excluding carboxylic acids is 1. The molecule has 0 unspecified atom stereocenters. The van der Waals surface area contributed by atoms with Crippen LogP contribution in [0.5, 0.6) is 0 Å². The van der Waals surface area contributed by atoms with Crippen molar-refractivity contribution in [3.05, 3.63) is 35.9 Å². The molecule has 0 spiro atoms. The molecule has 3 fully saturated rings. The molecule has 1 aromatic rings. The summed E-state index contributed by atoms with van der Waals surface area (Å²) in [5, 5.41) is 10.8. The summed E-state index contributed by atoms with van der Waals surface area (Å²) in [5.74, 6) is 0.563. The van der Waals surface area contributed by atoms with E-state index < -0.39 is 6.10 Å². The first-order valence-electron chi connectivity index (χ1n) is 8.60. The van der Waals surface area contributed by atoms with Gasteiger partial charge in [-0.1, -0.05) is 30.3 Å². The van der Waals surface area contributed by atoms with Gasteiger partial charge in [0, 0.05) is 13.1 Å². The number of hydrogen-bond acceptors (Lipinski definition) is 4. The zero-order valence-electron chi connectivity index (χ0n) is 13.5. The van der Waals surface area contributed by atoms with Crippen molar-refractivity contribution in [1.82, 2.24) is 9.80 Å². The number of benzene rings is 1. The van der Waals surface area contributed by atoms with Crippen LogP contribution in [0.2, 0.25) is 0 Å². The molecular weight excluding hydrogens is 292 g/mol. The SMILES string of the molecule is CCOC(=O)N1[C@H]2C[C@@H]3C[C@H]1[C@@H]([C@H]2O)N(Cc1ccccc1)C3. The van der Waals surface area contributed by atoms with Gasteiger partial charge in [-0.15, -0.1) is 0 Å². The highest BCUT2D eigenvalue weighted by Crippen LogP contribution is 2.46. The second kappa shape index (κ2) is 5.80. The third-order valence-electron chi connectivity index (χ3n) is 5.62. The fraction of sp³-hybridized carbons (Fsp3) is 0.611. The van der Waals surface area contributed by atoms with Crippen LogP contribution in [0.25, 0.3) is 0 Å². The summed E-state index contributed by atoms with van der Waals surface area (Å²) in [6.45, 7) is 4.06. The van der Waals surface area contributed by atoms with Crippen LogP contribution in [0.15, 0.2) is 30.3 Å². The summed E-state index contributed by atoms with van der Waals surface area (Å²) in [6.07, 6.45) is 1.14. The van der Waals surface area contributed by atoms with E-state index in [1.165, 1.54) is 5.56 Å². The summed E-state index contributed by atoms with van der Waals surface area (Å²) < 4.78 is 5.23. The molecule has 3 bridgehead atoms. The van der Waals surface area contributed by atoms with Gasteiger partial charge >= 0.3 is 6.09 Å². The van der Waals surface area contributed by atoms with Gasteiger partial charge in [-0.3, -0.25) is 9.80 Å². The minimum Gasteiger partial charge on any atom is -0.450 e. The van der Waals surface area contributed by atoms with Gasteiger partial charge in [0.25, 0.3) is 0 Å². The quantitative estimate of drug-likeness (QED) is 0.925. The standard InChI is InChI=1S/C18H24N2O3/c1-2-23-18(22)20-14-8-13-9-15(20)17(21)16(14)19(11-13)10-12-6-4-3-5-7-12/h3-7,13-17,21H,2,8-11H2,1H3/t13-,14-,15-,16-,17-/m0/s1. The van der Waals surface area contributed by atoms with Gasteiger partial charge in [0.1, 0.15) is 0 Å². The fourth-order valence-electron chi connectivity index (χ4n) is 4.83. The highest BCUT2D eigenvalue weighted by atomic mass is 16.6. The van der Waals surface area contributed by atoms with E-state index in [2.05, 4.69) is 17.0 Å². The third-order valence-corrected chi connectivity index (χ3v) is 5.62. The summed E-state index contributed by atoms with van der Waals surface area (Å²) in [6, 6.07) is 10.4. The molecule has 0 saturated carbocycles. The molecule has 0 aromatic heterocycles. The van der Waals surface area contributed by atoms with Gasteiger partial charge in [-0.2, -0.15) is 0 Å². The van der Waals surface area contributed by atoms with Crippen molar-refractivity contribution in [3.63, 3.8) is 0 Å². The second-order valence-electron chi connectivity index (χ2n) is 6.97. The number of ether oxygens (including phenoxy) is 1. The maximum atomic E-state index is 12.3. The monoisotopic (exact) mass is 316 g/mol. The number of aliphatic hydroxyl groups is 1. The Kier molecular flexibility index (Phi) is 3.77.